The van der Waals surface area contributed by atoms with E-state index in [4.69, 9.17) is 14.2 Å². The van der Waals surface area contributed by atoms with Gasteiger partial charge in [-0.1, -0.05) is 17.7 Å². The van der Waals surface area contributed by atoms with Gasteiger partial charge in [-0.3, -0.25) is 0 Å². The fourth-order valence-electron chi connectivity index (χ4n) is 3.01. The monoisotopic (exact) mass is 393 g/mol. The number of methoxy groups -OCH3 is 2. The third-order valence-corrected chi connectivity index (χ3v) is 5.82. The Hall–Kier alpha value is -2.25. The van der Waals surface area contributed by atoms with Crippen molar-refractivity contribution in [3.63, 3.8) is 0 Å². The van der Waals surface area contributed by atoms with Gasteiger partial charge in [-0.15, -0.1) is 0 Å². The molecule has 0 saturated heterocycles. The van der Waals surface area contributed by atoms with Gasteiger partial charge in [0.1, 0.15) is 23.4 Å². The van der Waals surface area contributed by atoms with Crippen LogP contribution in [0.2, 0.25) is 0 Å². The molecule has 0 radical (unpaired) electrons. The SMILES string of the molecule is COc1cc(OC)cc(OC(C)CNS(=O)(=O)c2c(C)cc(C)cc2C)c1. The molecule has 0 amide bonds. The van der Waals surface area contributed by atoms with E-state index in [1.165, 1.54) is 0 Å². The summed E-state index contributed by atoms with van der Waals surface area (Å²) in [4.78, 5) is 0.323. The maximum absolute atomic E-state index is 12.7. The maximum Gasteiger partial charge on any atom is 0.241 e. The van der Waals surface area contributed by atoms with Gasteiger partial charge in [-0.2, -0.15) is 0 Å². The van der Waals surface area contributed by atoms with E-state index in [-0.39, 0.29) is 12.6 Å². The molecule has 0 aliphatic heterocycles. The molecule has 0 aliphatic rings. The van der Waals surface area contributed by atoms with Crippen LogP contribution in [0.1, 0.15) is 23.6 Å². The molecule has 0 spiro atoms. The van der Waals surface area contributed by atoms with Crippen molar-refractivity contribution in [2.45, 2.75) is 38.7 Å². The minimum Gasteiger partial charge on any atom is -0.496 e. The van der Waals surface area contributed by atoms with Gasteiger partial charge in [0.15, 0.2) is 0 Å². The van der Waals surface area contributed by atoms with Crippen LogP contribution in [0, 0.1) is 20.8 Å². The highest BCUT2D eigenvalue weighted by atomic mass is 32.2. The van der Waals surface area contributed by atoms with E-state index in [1.54, 1.807) is 53.2 Å². The van der Waals surface area contributed by atoms with E-state index in [9.17, 15) is 8.42 Å². The van der Waals surface area contributed by atoms with Gasteiger partial charge in [0.2, 0.25) is 10.0 Å². The summed E-state index contributed by atoms with van der Waals surface area (Å²) >= 11 is 0. The summed E-state index contributed by atoms with van der Waals surface area (Å²) in [5.41, 5.74) is 2.49. The van der Waals surface area contributed by atoms with E-state index in [0.29, 0.717) is 22.1 Å². The first-order valence-corrected chi connectivity index (χ1v) is 10.1. The Kier molecular flexibility index (Phi) is 6.73. The largest absolute Gasteiger partial charge is 0.496 e. The first-order valence-electron chi connectivity index (χ1n) is 8.63. The topological polar surface area (TPSA) is 73.9 Å². The predicted molar refractivity (Wildman–Crippen MR) is 105 cm³/mol. The van der Waals surface area contributed by atoms with Crippen LogP contribution >= 0.6 is 0 Å². The van der Waals surface area contributed by atoms with E-state index >= 15 is 0 Å². The normalized spacial score (nSPS) is 12.5. The second-order valence-electron chi connectivity index (χ2n) is 6.56. The fraction of sp³-hybridized carbons (Fsp3) is 0.400. The molecule has 0 heterocycles. The molecule has 1 atom stereocenters. The Bertz CT molecular complexity index is 863. The van der Waals surface area contributed by atoms with E-state index in [0.717, 1.165) is 16.7 Å². The van der Waals surface area contributed by atoms with Crippen molar-refractivity contribution >= 4 is 10.0 Å². The molecule has 2 rings (SSSR count). The van der Waals surface area contributed by atoms with Crippen LogP contribution in [-0.2, 0) is 10.0 Å². The lowest BCUT2D eigenvalue weighted by Crippen LogP contribution is -2.34. The van der Waals surface area contributed by atoms with Crippen molar-refractivity contribution in [3.8, 4) is 17.2 Å². The second kappa shape index (κ2) is 8.63. The smallest absolute Gasteiger partial charge is 0.241 e. The summed E-state index contributed by atoms with van der Waals surface area (Å²) in [6.07, 6.45) is -0.386. The molecule has 0 aliphatic carbocycles. The first-order chi connectivity index (χ1) is 12.7. The van der Waals surface area contributed by atoms with Crippen molar-refractivity contribution in [3.05, 3.63) is 47.0 Å². The molecular formula is C20H27NO5S. The average molecular weight is 394 g/mol. The zero-order valence-electron chi connectivity index (χ0n) is 16.6. The van der Waals surface area contributed by atoms with Crippen LogP contribution in [0.3, 0.4) is 0 Å². The number of rotatable bonds is 8. The molecule has 148 valence electrons. The molecule has 1 unspecified atom stereocenters. The molecule has 1 N–H and O–H groups in total. The van der Waals surface area contributed by atoms with Crippen LogP contribution in [0.4, 0.5) is 0 Å². The van der Waals surface area contributed by atoms with E-state index in [1.807, 2.05) is 19.1 Å². The zero-order valence-corrected chi connectivity index (χ0v) is 17.4. The summed E-state index contributed by atoms with van der Waals surface area (Å²) in [6, 6.07) is 8.92. The Morgan fingerprint density at radius 3 is 1.85 bits per heavy atom. The zero-order chi connectivity index (χ0) is 20.2. The highest BCUT2D eigenvalue weighted by molar-refractivity contribution is 7.89. The minimum absolute atomic E-state index is 0.134. The number of hydrogen-bond donors (Lipinski definition) is 1. The van der Waals surface area contributed by atoms with Crippen molar-refractivity contribution in [2.75, 3.05) is 20.8 Å². The Labute approximate surface area is 161 Å². The second-order valence-corrected chi connectivity index (χ2v) is 8.26. The predicted octanol–water partition coefficient (Wildman–Crippen LogP) is 3.37. The summed E-state index contributed by atoms with van der Waals surface area (Å²) < 4.78 is 44.4. The number of nitrogens with one attached hydrogen (secondary N) is 1. The van der Waals surface area contributed by atoms with E-state index < -0.39 is 10.0 Å². The van der Waals surface area contributed by atoms with Gasteiger partial charge < -0.3 is 14.2 Å². The fourth-order valence-corrected chi connectivity index (χ4v) is 4.58. The molecule has 7 heteroatoms. The molecule has 2 aromatic carbocycles. The molecule has 0 aromatic heterocycles. The highest BCUT2D eigenvalue weighted by Gasteiger charge is 2.21. The average Bonchev–Trinajstić information content (AvgIpc) is 2.58. The molecule has 0 bridgehead atoms. The summed E-state index contributed by atoms with van der Waals surface area (Å²) in [5.74, 6) is 1.74. The number of aryl methyl sites for hydroxylation is 3. The quantitative estimate of drug-likeness (QED) is 0.744. The third kappa shape index (κ3) is 5.37. The van der Waals surface area contributed by atoms with Crippen molar-refractivity contribution < 1.29 is 22.6 Å². The summed E-state index contributed by atoms with van der Waals surface area (Å²) in [5, 5.41) is 0. The summed E-state index contributed by atoms with van der Waals surface area (Å²) in [7, 11) is -0.515. The summed E-state index contributed by atoms with van der Waals surface area (Å²) in [6.45, 7) is 7.48. The van der Waals surface area contributed by atoms with Crippen LogP contribution in [0.5, 0.6) is 17.2 Å². The molecule has 27 heavy (non-hydrogen) atoms. The van der Waals surface area contributed by atoms with Crippen LogP contribution in [0.15, 0.2) is 35.2 Å². The number of ether oxygens (including phenoxy) is 3. The van der Waals surface area contributed by atoms with Crippen molar-refractivity contribution in [1.82, 2.24) is 4.72 Å². The third-order valence-electron chi connectivity index (χ3n) is 4.10. The van der Waals surface area contributed by atoms with Gasteiger partial charge >= 0.3 is 0 Å². The van der Waals surface area contributed by atoms with E-state index in [2.05, 4.69) is 4.72 Å². The highest BCUT2D eigenvalue weighted by Crippen LogP contribution is 2.28. The molecular weight excluding hydrogens is 366 g/mol. The van der Waals surface area contributed by atoms with Gasteiger partial charge in [0.25, 0.3) is 0 Å². The Morgan fingerprint density at radius 1 is 0.889 bits per heavy atom. The standard InChI is InChI=1S/C20H27NO5S/c1-13-7-14(2)20(15(3)8-13)27(22,23)21-12-16(4)26-19-10-17(24-5)9-18(11-19)25-6/h7-11,16,21H,12H2,1-6H3. The number of sulfonamides is 1. The lowest BCUT2D eigenvalue weighted by molar-refractivity contribution is 0.223. The molecule has 6 nitrogen and oxygen atoms in total. The minimum atomic E-state index is -3.63. The lowest BCUT2D eigenvalue weighted by atomic mass is 10.1. The van der Waals surface area contributed by atoms with Crippen LogP contribution < -0.4 is 18.9 Å². The van der Waals surface area contributed by atoms with Crippen LogP contribution in [-0.4, -0.2) is 35.3 Å². The number of benzene rings is 2. The molecule has 0 saturated carbocycles. The van der Waals surface area contributed by atoms with Crippen LogP contribution in [0.25, 0.3) is 0 Å². The number of hydrogen-bond acceptors (Lipinski definition) is 5. The Morgan fingerprint density at radius 2 is 1.37 bits per heavy atom. The van der Waals surface area contributed by atoms with Gasteiger partial charge in [-0.05, 0) is 38.8 Å². The van der Waals surface area contributed by atoms with Gasteiger partial charge in [0, 0.05) is 24.7 Å². The molecule has 2 aromatic rings. The molecule has 0 fully saturated rings. The first kappa shape index (κ1) is 21.1. The van der Waals surface area contributed by atoms with Gasteiger partial charge in [0.05, 0.1) is 19.1 Å². The maximum atomic E-state index is 12.7. The lowest BCUT2D eigenvalue weighted by Gasteiger charge is -2.18. The van der Waals surface area contributed by atoms with Gasteiger partial charge in [-0.25, -0.2) is 13.1 Å². The van der Waals surface area contributed by atoms with Crippen molar-refractivity contribution in [2.24, 2.45) is 0 Å². The Balaban J connectivity index is 2.10. The van der Waals surface area contributed by atoms with Crippen molar-refractivity contribution in [1.29, 1.82) is 0 Å².